The Morgan fingerprint density at radius 3 is 2.63 bits per heavy atom. The molecule has 1 amide bonds. The van der Waals surface area contributed by atoms with Crippen LogP contribution >= 0.6 is 31.9 Å². The van der Waals surface area contributed by atoms with Crippen LogP contribution in [0.4, 0.5) is 0 Å². The van der Waals surface area contributed by atoms with E-state index in [1.165, 1.54) is 19.3 Å². The fourth-order valence-electron chi connectivity index (χ4n) is 1.95. The van der Waals surface area contributed by atoms with Gasteiger partial charge in [-0.3, -0.25) is 4.79 Å². The quantitative estimate of drug-likeness (QED) is 0.684. The Balaban J connectivity index is 2.54. The minimum absolute atomic E-state index is 0.00526. The zero-order valence-corrected chi connectivity index (χ0v) is 14.7. The summed E-state index contributed by atoms with van der Waals surface area (Å²) in [6.45, 7) is 5.14. The molecule has 0 aliphatic rings. The molecule has 0 aliphatic carbocycles. The lowest BCUT2D eigenvalue weighted by Crippen LogP contribution is -2.29. The molecule has 0 spiro atoms. The van der Waals surface area contributed by atoms with Gasteiger partial charge in [0.2, 0.25) is 0 Å². The van der Waals surface area contributed by atoms with Crippen molar-refractivity contribution >= 4 is 37.8 Å². The summed E-state index contributed by atoms with van der Waals surface area (Å²) in [5.41, 5.74) is 0.688. The minimum atomic E-state index is -0.00526. The van der Waals surface area contributed by atoms with Gasteiger partial charge in [-0.1, -0.05) is 49.0 Å². The monoisotopic (exact) mass is 389 g/mol. The fourth-order valence-corrected chi connectivity index (χ4v) is 3.18. The number of halogens is 2. The summed E-state index contributed by atoms with van der Waals surface area (Å²) >= 11 is 6.81. The summed E-state index contributed by atoms with van der Waals surface area (Å²) in [7, 11) is 0. The van der Waals surface area contributed by atoms with Crippen molar-refractivity contribution in [2.45, 2.75) is 39.5 Å². The van der Waals surface area contributed by atoms with Gasteiger partial charge in [-0.05, 0) is 46.5 Å². The molecule has 0 radical (unpaired) electrons. The normalized spacial score (nSPS) is 12.2. The van der Waals surface area contributed by atoms with Crippen LogP contribution in [-0.4, -0.2) is 12.5 Å². The Hall–Kier alpha value is -0.350. The van der Waals surface area contributed by atoms with Crippen LogP contribution in [0.2, 0.25) is 0 Å². The molecule has 2 nitrogen and oxygen atoms in total. The number of carbonyl (C=O) groups excluding carboxylic acids is 1. The van der Waals surface area contributed by atoms with Crippen LogP contribution in [-0.2, 0) is 0 Å². The van der Waals surface area contributed by atoms with Crippen LogP contribution in [0, 0.1) is 5.92 Å². The van der Waals surface area contributed by atoms with E-state index in [4.69, 9.17) is 0 Å². The number of amides is 1. The molecule has 0 saturated carbocycles. The maximum Gasteiger partial charge on any atom is 0.252 e. The van der Waals surface area contributed by atoms with Crippen LogP contribution < -0.4 is 5.32 Å². The molecule has 1 aromatic carbocycles. The van der Waals surface area contributed by atoms with Gasteiger partial charge in [0.1, 0.15) is 0 Å². The summed E-state index contributed by atoms with van der Waals surface area (Å²) in [4.78, 5) is 12.1. The van der Waals surface area contributed by atoms with Gasteiger partial charge in [-0.25, -0.2) is 0 Å². The second-order valence-corrected chi connectivity index (χ2v) is 6.52. The molecule has 1 N–H and O–H groups in total. The molecule has 0 heterocycles. The van der Waals surface area contributed by atoms with Gasteiger partial charge in [0.15, 0.2) is 0 Å². The molecule has 19 heavy (non-hydrogen) atoms. The van der Waals surface area contributed by atoms with Gasteiger partial charge in [0, 0.05) is 15.5 Å². The third-order valence-electron chi connectivity index (χ3n) is 3.27. The summed E-state index contributed by atoms with van der Waals surface area (Å²) in [6, 6.07) is 5.61. The standard InChI is InChI=1S/C15H21Br2NO/c1-3-5-6-11(4-2)10-18-15(19)13-8-7-12(16)9-14(13)17/h7-9,11H,3-6,10H2,1-2H3,(H,18,19). The number of rotatable bonds is 7. The molecular formula is C15H21Br2NO. The van der Waals surface area contributed by atoms with E-state index in [0.29, 0.717) is 11.5 Å². The fraction of sp³-hybridized carbons (Fsp3) is 0.533. The van der Waals surface area contributed by atoms with E-state index in [-0.39, 0.29) is 5.91 Å². The highest BCUT2D eigenvalue weighted by Gasteiger charge is 2.12. The molecule has 0 bridgehead atoms. The lowest BCUT2D eigenvalue weighted by molar-refractivity contribution is 0.0945. The Kier molecular flexibility index (Phi) is 7.69. The number of unbranched alkanes of at least 4 members (excludes halogenated alkanes) is 1. The first-order valence-electron chi connectivity index (χ1n) is 6.81. The topological polar surface area (TPSA) is 29.1 Å². The maximum absolute atomic E-state index is 12.1. The molecule has 1 unspecified atom stereocenters. The van der Waals surface area contributed by atoms with Crippen molar-refractivity contribution in [2.75, 3.05) is 6.54 Å². The van der Waals surface area contributed by atoms with Crippen LogP contribution in [0.5, 0.6) is 0 Å². The van der Waals surface area contributed by atoms with E-state index in [0.717, 1.165) is 21.9 Å². The van der Waals surface area contributed by atoms with Gasteiger partial charge in [0.05, 0.1) is 5.56 Å². The van der Waals surface area contributed by atoms with E-state index < -0.39 is 0 Å². The second-order valence-electron chi connectivity index (χ2n) is 4.75. The summed E-state index contributed by atoms with van der Waals surface area (Å²) < 4.78 is 1.78. The van der Waals surface area contributed by atoms with E-state index in [1.54, 1.807) is 0 Å². The van der Waals surface area contributed by atoms with Crippen molar-refractivity contribution in [3.05, 3.63) is 32.7 Å². The average molecular weight is 391 g/mol. The van der Waals surface area contributed by atoms with E-state index in [9.17, 15) is 4.79 Å². The highest BCUT2D eigenvalue weighted by molar-refractivity contribution is 9.11. The van der Waals surface area contributed by atoms with Crippen molar-refractivity contribution in [3.63, 3.8) is 0 Å². The number of nitrogens with one attached hydrogen (secondary N) is 1. The predicted octanol–water partition coefficient (Wildman–Crippen LogP) is 5.16. The number of carbonyl (C=O) groups is 1. The number of benzene rings is 1. The van der Waals surface area contributed by atoms with Crippen molar-refractivity contribution in [3.8, 4) is 0 Å². The third-order valence-corrected chi connectivity index (χ3v) is 4.42. The van der Waals surface area contributed by atoms with Gasteiger partial charge < -0.3 is 5.32 Å². The Labute approximate surface area is 132 Å². The van der Waals surface area contributed by atoms with E-state index in [2.05, 4.69) is 51.0 Å². The maximum atomic E-state index is 12.1. The average Bonchev–Trinajstić information content (AvgIpc) is 2.38. The molecule has 0 aliphatic heterocycles. The second kappa shape index (κ2) is 8.75. The van der Waals surface area contributed by atoms with E-state index >= 15 is 0 Å². The van der Waals surface area contributed by atoms with Gasteiger partial charge >= 0.3 is 0 Å². The van der Waals surface area contributed by atoms with Gasteiger partial charge in [0.25, 0.3) is 5.91 Å². The Morgan fingerprint density at radius 1 is 1.32 bits per heavy atom. The first-order chi connectivity index (χ1) is 9.08. The third kappa shape index (κ3) is 5.65. The van der Waals surface area contributed by atoms with Crippen LogP contribution in [0.1, 0.15) is 49.9 Å². The van der Waals surface area contributed by atoms with Crippen molar-refractivity contribution < 1.29 is 4.79 Å². The Bertz CT molecular complexity index is 421. The SMILES string of the molecule is CCCCC(CC)CNC(=O)c1ccc(Br)cc1Br. The van der Waals surface area contributed by atoms with Crippen molar-refractivity contribution in [1.82, 2.24) is 5.32 Å². The lowest BCUT2D eigenvalue weighted by Gasteiger charge is -2.15. The van der Waals surface area contributed by atoms with Crippen LogP contribution in [0.15, 0.2) is 27.1 Å². The minimum Gasteiger partial charge on any atom is -0.352 e. The lowest BCUT2D eigenvalue weighted by atomic mass is 9.99. The predicted molar refractivity (Wildman–Crippen MR) is 87.5 cm³/mol. The molecule has 106 valence electrons. The first kappa shape index (κ1) is 16.7. The molecule has 0 saturated heterocycles. The zero-order valence-electron chi connectivity index (χ0n) is 11.5. The molecular weight excluding hydrogens is 370 g/mol. The first-order valence-corrected chi connectivity index (χ1v) is 8.40. The number of hydrogen-bond acceptors (Lipinski definition) is 1. The van der Waals surface area contributed by atoms with Crippen molar-refractivity contribution in [1.29, 1.82) is 0 Å². The molecule has 1 atom stereocenters. The van der Waals surface area contributed by atoms with Gasteiger partial charge in [-0.2, -0.15) is 0 Å². The summed E-state index contributed by atoms with van der Waals surface area (Å²) in [6.07, 6.45) is 4.75. The van der Waals surface area contributed by atoms with Crippen LogP contribution in [0.3, 0.4) is 0 Å². The highest BCUT2D eigenvalue weighted by atomic mass is 79.9. The molecule has 1 rings (SSSR count). The van der Waals surface area contributed by atoms with E-state index in [1.807, 2.05) is 18.2 Å². The zero-order chi connectivity index (χ0) is 14.3. The smallest absolute Gasteiger partial charge is 0.252 e. The Morgan fingerprint density at radius 2 is 2.05 bits per heavy atom. The summed E-state index contributed by atoms with van der Waals surface area (Å²) in [5, 5.41) is 3.03. The largest absolute Gasteiger partial charge is 0.352 e. The van der Waals surface area contributed by atoms with Crippen LogP contribution in [0.25, 0.3) is 0 Å². The van der Waals surface area contributed by atoms with Crippen molar-refractivity contribution in [2.24, 2.45) is 5.92 Å². The van der Waals surface area contributed by atoms with Gasteiger partial charge in [-0.15, -0.1) is 0 Å². The molecule has 0 fully saturated rings. The molecule has 0 aromatic heterocycles. The molecule has 4 heteroatoms. The summed E-state index contributed by atoms with van der Waals surface area (Å²) in [5.74, 6) is 0.576. The highest BCUT2D eigenvalue weighted by Crippen LogP contribution is 2.22. The number of hydrogen-bond donors (Lipinski definition) is 1. The molecule has 1 aromatic rings.